The quantitative estimate of drug-likeness (QED) is 0.312. The zero-order valence-electron chi connectivity index (χ0n) is 16.7. The number of fused-ring (bicyclic) bond motifs is 3. The second-order valence-electron chi connectivity index (χ2n) is 7.53. The van der Waals surface area contributed by atoms with Crippen LogP contribution in [0.1, 0.15) is 15.9 Å². The highest BCUT2D eigenvalue weighted by molar-refractivity contribution is 6.39. The molecule has 0 aliphatic rings. The Bertz CT molecular complexity index is 1500. The Hall–Kier alpha value is -3.34. The number of nitrogens with zero attached hydrogens (tertiary/aromatic N) is 1. The smallest absolute Gasteiger partial charge is 0.249 e. The van der Waals surface area contributed by atoms with Gasteiger partial charge in [-0.2, -0.15) is 0 Å². The molecule has 0 aliphatic carbocycles. The lowest BCUT2D eigenvalue weighted by atomic mass is 10.0. The highest BCUT2D eigenvalue weighted by atomic mass is 35.5. The first-order valence-corrected chi connectivity index (χ1v) is 10.6. The van der Waals surface area contributed by atoms with Crippen LogP contribution in [0.25, 0.3) is 32.9 Å². The van der Waals surface area contributed by atoms with Crippen LogP contribution in [0, 0.1) is 11.9 Å². The normalized spacial score (nSPS) is 11.3. The third-order valence-corrected chi connectivity index (χ3v) is 6.17. The van der Waals surface area contributed by atoms with E-state index in [2.05, 4.69) is 6.07 Å². The molecular weight excluding hydrogens is 446 g/mol. The van der Waals surface area contributed by atoms with Crippen LogP contribution in [0.5, 0.6) is 0 Å². The molecule has 1 aromatic heterocycles. The molecule has 32 heavy (non-hydrogen) atoms. The summed E-state index contributed by atoms with van der Waals surface area (Å²) >= 11 is 12.9. The van der Waals surface area contributed by atoms with Crippen molar-refractivity contribution in [2.24, 2.45) is 5.73 Å². The highest BCUT2D eigenvalue weighted by Gasteiger charge is 2.18. The molecule has 4 aromatic carbocycles. The van der Waals surface area contributed by atoms with Gasteiger partial charge in [-0.15, -0.1) is 0 Å². The Morgan fingerprint density at radius 2 is 1.69 bits per heavy atom. The summed E-state index contributed by atoms with van der Waals surface area (Å²) in [5, 5.41) is 2.51. The Kier molecular flexibility index (Phi) is 5.12. The van der Waals surface area contributed by atoms with Gasteiger partial charge in [-0.3, -0.25) is 4.79 Å². The van der Waals surface area contributed by atoms with Gasteiger partial charge < -0.3 is 10.3 Å². The van der Waals surface area contributed by atoms with Crippen LogP contribution in [0.3, 0.4) is 0 Å². The summed E-state index contributed by atoms with van der Waals surface area (Å²) in [6, 6.07) is 24.3. The third-order valence-electron chi connectivity index (χ3n) is 5.54. The van der Waals surface area contributed by atoms with Gasteiger partial charge in [0.15, 0.2) is 0 Å². The average molecular weight is 462 g/mol. The molecular formula is C26H16Cl2FN2O. The first-order chi connectivity index (χ1) is 15.4. The topological polar surface area (TPSA) is 48.0 Å². The van der Waals surface area contributed by atoms with E-state index in [9.17, 15) is 9.18 Å². The second kappa shape index (κ2) is 7.97. The predicted molar refractivity (Wildman–Crippen MR) is 128 cm³/mol. The molecule has 0 unspecified atom stereocenters. The van der Waals surface area contributed by atoms with E-state index in [1.54, 1.807) is 42.5 Å². The number of rotatable bonds is 4. The van der Waals surface area contributed by atoms with Crippen LogP contribution in [0.2, 0.25) is 10.0 Å². The molecule has 5 rings (SSSR count). The molecule has 0 saturated heterocycles. The predicted octanol–water partition coefficient (Wildman–Crippen LogP) is 6.85. The zero-order chi connectivity index (χ0) is 22.4. The number of amides is 1. The number of halogens is 3. The van der Waals surface area contributed by atoms with E-state index >= 15 is 0 Å². The van der Waals surface area contributed by atoms with E-state index in [0.29, 0.717) is 33.1 Å². The third kappa shape index (κ3) is 3.42. The number of nitrogens with two attached hydrogens (primary N) is 1. The standard InChI is InChI=1S/C26H16Cl2FN2O/c27-20-7-3-8-21(28)24(20)16-10-11-18-23(13-16)31(14-15-4-1-5-17(29)12-15)22-9-2-6-19(25(18)22)26(30)32/h1-10,12-13H,14H2,(H2,30,32). The molecule has 0 fully saturated rings. The zero-order valence-corrected chi connectivity index (χ0v) is 18.2. The summed E-state index contributed by atoms with van der Waals surface area (Å²) in [6.45, 7) is 0.396. The monoisotopic (exact) mass is 461 g/mol. The van der Waals surface area contributed by atoms with Crippen molar-refractivity contribution in [3.8, 4) is 11.1 Å². The first kappa shape index (κ1) is 20.6. The van der Waals surface area contributed by atoms with Gasteiger partial charge in [0.1, 0.15) is 5.82 Å². The number of hydrogen-bond acceptors (Lipinski definition) is 1. The van der Waals surface area contributed by atoms with Crippen LogP contribution in [-0.4, -0.2) is 10.5 Å². The summed E-state index contributed by atoms with van der Waals surface area (Å²) < 4.78 is 15.9. The Labute approximate surface area is 193 Å². The maximum atomic E-state index is 13.9. The molecule has 0 aliphatic heterocycles. The van der Waals surface area contributed by atoms with Gasteiger partial charge in [-0.05, 0) is 65.7 Å². The summed E-state index contributed by atoms with van der Waals surface area (Å²) in [5.41, 5.74) is 9.97. The SMILES string of the molecule is NC(=O)c1cccc2c1c1[c]cc(-c3c(Cl)cccc3Cl)cc1n2Cc1cccc(F)c1. The Balaban J connectivity index is 1.84. The van der Waals surface area contributed by atoms with Crippen molar-refractivity contribution in [2.45, 2.75) is 6.54 Å². The summed E-state index contributed by atoms with van der Waals surface area (Å²) in [6.07, 6.45) is 0. The molecule has 1 heterocycles. The first-order valence-electron chi connectivity index (χ1n) is 9.89. The fraction of sp³-hybridized carbons (Fsp3) is 0.0385. The summed E-state index contributed by atoms with van der Waals surface area (Å²) in [5.74, 6) is -0.830. The van der Waals surface area contributed by atoms with Crippen LogP contribution in [0.4, 0.5) is 4.39 Å². The van der Waals surface area contributed by atoms with E-state index in [0.717, 1.165) is 27.5 Å². The summed E-state index contributed by atoms with van der Waals surface area (Å²) in [4.78, 5) is 12.2. The van der Waals surface area contributed by atoms with Crippen molar-refractivity contribution in [3.63, 3.8) is 0 Å². The number of benzene rings is 4. The minimum absolute atomic E-state index is 0.309. The number of carbonyl (C=O) groups excluding carboxylic acids is 1. The lowest BCUT2D eigenvalue weighted by Crippen LogP contribution is -2.11. The van der Waals surface area contributed by atoms with Crippen LogP contribution in [0.15, 0.2) is 72.8 Å². The van der Waals surface area contributed by atoms with Crippen LogP contribution < -0.4 is 5.73 Å². The maximum Gasteiger partial charge on any atom is 0.249 e. The van der Waals surface area contributed by atoms with Crippen molar-refractivity contribution in [3.05, 3.63) is 106 Å². The van der Waals surface area contributed by atoms with E-state index in [1.165, 1.54) is 12.1 Å². The molecule has 6 heteroatoms. The van der Waals surface area contributed by atoms with Gasteiger partial charge in [-0.25, -0.2) is 4.39 Å². The molecule has 1 radical (unpaired) electrons. The minimum Gasteiger partial charge on any atom is -0.366 e. The number of carbonyl (C=O) groups is 1. The maximum absolute atomic E-state index is 13.9. The molecule has 0 bridgehead atoms. The lowest BCUT2D eigenvalue weighted by Gasteiger charge is -2.11. The molecule has 0 atom stereocenters. The molecule has 5 aromatic rings. The van der Waals surface area contributed by atoms with Crippen LogP contribution in [-0.2, 0) is 6.54 Å². The van der Waals surface area contributed by atoms with Gasteiger partial charge in [-0.1, -0.05) is 47.5 Å². The largest absolute Gasteiger partial charge is 0.366 e. The Morgan fingerprint density at radius 1 is 0.969 bits per heavy atom. The van der Waals surface area contributed by atoms with E-state index in [1.807, 2.05) is 22.8 Å². The van der Waals surface area contributed by atoms with Gasteiger partial charge in [0.25, 0.3) is 0 Å². The summed E-state index contributed by atoms with van der Waals surface area (Å²) in [7, 11) is 0. The van der Waals surface area contributed by atoms with Gasteiger partial charge in [0.05, 0.1) is 11.0 Å². The number of hydrogen-bond donors (Lipinski definition) is 1. The fourth-order valence-electron chi connectivity index (χ4n) is 4.17. The van der Waals surface area contributed by atoms with Crippen molar-refractivity contribution in [1.82, 2.24) is 4.57 Å². The Morgan fingerprint density at radius 3 is 2.41 bits per heavy atom. The molecule has 0 spiro atoms. The number of aromatic nitrogens is 1. The van der Waals surface area contributed by atoms with Crippen molar-refractivity contribution < 1.29 is 9.18 Å². The molecule has 157 valence electrons. The van der Waals surface area contributed by atoms with E-state index < -0.39 is 5.91 Å². The van der Waals surface area contributed by atoms with Crippen LogP contribution >= 0.6 is 23.2 Å². The average Bonchev–Trinajstić information content (AvgIpc) is 3.07. The fourth-order valence-corrected chi connectivity index (χ4v) is 4.78. The molecule has 1 amide bonds. The highest BCUT2D eigenvalue weighted by Crippen LogP contribution is 2.39. The molecule has 0 saturated carbocycles. The van der Waals surface area contributed by atoms with Gasteiger partial charge in [0, 0.05) is 38.5 Å². The van der Waals surface area contributed by atoms with Crippen molar-refractivity contribution >= 4 is 50.9 Å². The van der Waals surface area contributed by atoms with Crippen molar-refractivity contribution in [2.75, 3.05) is 0 Å². The number of primary amides is 1. The van der Waals surface area contributed by atoms with Gasteiger partial charge in [0.2, 0.25) is 5.91 Å². The van der Waals surface area contributed by atoms with E-state index in [4.69, 9.17) is 28.9 Å². The molecule has 2 N–H and O–H groups in total. The minimum atomic E-state index is -0.521. The van der Waals surface area contributed by atoms with Gasteiger partial charge >= 0.3 is 0 Å². The molecule has 3 nitrogen and oxygen atoms in total. The second-order valence-corrected chi connectivity index (χ2v) is 8.34. The van der Waals surface area contributed by atoms with Crippen molar-refractivity contribution in [1.29, 1.82) is 0 Å². The van der Waals surface area contributed by atoms with E-state index in [-0.39, 0.29) is 5.82 Å². The lowest BCUT2D eigenvalue weighted by molar-refractivity contribution is 0.100.